The standard InChI is InChI=1S/C14H13ClN4S/c15-11-1-2-12-13(9-11)20-19-14(18-12)17-8-5-10-3-6-16-7-4-10/h1-4,6-7,9H,5,8H2,(H2,17,18,19). The van der Waals surface area contributed by atoms with Crippen LogP contribution in [0.4, 0.5) is 5.69 Å². The molecule has 0 atom stereocenters. The van der Waals surface area contributed by atoms with Gasteiger partial charge in [0.2, 0.25) is 5.96 Å². The Labute approximate surface area is 126 Å². The third-order valence-corrected chi connectivity index (χ3v) is 3.93. The maximum Gasteiger partial charge on any atom is 0.207 e. The lowest BCUT2D eigenvalue weighted by atomic mass is 10.2. The number of aromatic nitrogens is 1. The Hall–Kier alpha value is -1.72. The van der Waals surface area contributed by atoms with Crippen LogP contribution in [-0.4, -0.2) is 17.5 Å². The van der Waals surface area contributed by atoms with E-state index < -0.39 is 0 Å². The molecule has 0 saturated carbocycles. The molecule has 1 aliphatic rings. The Morgan fingerprint density at radius 1 is 1.20 bits per heavy atom. The van der Waals surface area contributed by atoms with Crippen molar-refractivity contribution in [2.45, 2.75) is 11.3 Å². The highest BCUT2D eigenvalue weighted by Gasteiger charge is 2.12. The summed E-state index contributed by atoms with van der Waals surface area (Å²) in [5.41, 5.74) is 2.28. The average molecular weight is 305 g/mol. The first-order valence-electron chi connectivity index (χ1n) is 6.25. The number of hydrogen-bond acceptors (Lipinski definition) is 5. The zero-order chi connectivity index (χ0) is 13.8. The monoisotopic (exact) mass is 304 g/mol. The van der Waals surface area contributed by atoms with Crippen molar-refractivity contribution in [2.24, 2.45) is 4.40 Å². The van der Waals surface area contributed by atoms with Gasteiger partial charge in [-0.05, 0) is 42.3 Å². The van der Waals surface area contributed by atoms with Crippen LogP contribution in [0.15, 0.2) is 52.0 Å². The summed E-state index contributed by atoms with van der Waals surface area (Å²) in [6, 6.07) is 9.78. The first kappa shape index (κ1) is 13.3. The second-order valence-electron chi connectivity index (χ2n) is 4.33. The van der Waals surface area contributed by atoms with E-state index in [0.717, 1.165) is 34.5 Å². The van der Waals surface area contributed by atoms with E-state index in [4.69, 9.17) is 11.6 Å². The van der Waals surface area contributed by atoms with E-state index in [1.54, 1.807) is 0 Å². The number of fused-ring (bicyclic) bond motifs is 1. The van der Waals surface area contributed by atoms with Gasteiger partial charge in [-0.1, -0.05) is 11.6 Å². The van der Waals surface area contributed by atoms with E-state index in [0.29, 0.717) is 0 Å². The number of nitrogens with zero attached hydrogens (tertiary/aromatic N) is 2. The summed E-state index contributed by atoms with van der Waals surface area (Å²) in [6.07, 6.45) is 4.55. The summed E-state index contributed by atoms with van der Waals surface area (Å²) in [7, 11) is 0. The SMILES string of the molecule is Clc1ccc2c(c1)SN=C(NCCc1ccncc1)N2. The molecule has 1 aromatic heterocycles. The molecule has 0 unspecified atom stereocenters. The predicted molar refractivity (Wildman–Crippen MR) is 84.3 cm³/mol. The van der Waals surface area contributed by atoms with Crippen LogP contribution >= 0.6 is 23.5 Å². The van der Waals surface area contributed by atoms with Gasteiger partial charge in [0.1, 0.15) is 0 Å². The molecule has 0 bridgehead atoms. The normalized spacial score (nSPS) is 13.2. The first-order chi connectivity index (χ1) is 9.81. The fourth-order valence-electron chi connectivity index (χ4n) is 1.87. The fourth-order valence-corrected chi connectivity index (χ4v) is 2.81. The number of nitrogens with one attached hydrogen (secondary N) is 2. The Morgan fingerprint density at radius 2 is 2.05 bits per heavy atom. The van der Waals surface area contributed by atoms with E-state index in [1.165, 1.54) is 17.5 Å². The molecular weight excluding hydrogens is 292 g/mol. The number of pyridine rings is 1. The van der Waals surface area contributed by atoms with Crippen molar-refractivity contribution in [1.29, 1.82) is 0 Å². The lowest BCUT2D eigenvalue weighted by molar-refractivity contribution is 0.863. The second-order valence-corrected chi connectivity index (χ2v) is 5.57. The van der Waals surface area contributed by atoms with E-state index >= 15 is 0 Å². The highest BCUT2D eigenvalue weighted by molar-refractivity contribution is 7.98. The number of halogens is 1. The molecule has 2 N–H and O–H groups in total. The lowest BCUT2D eigenvalue weighted by Crippen LogP contribution is -2.33. The van der Waals surface area contributed by atoms with Gasteiger partial charge < -0.3 is 10.6 Å². The third-order valence-electron chi connectivity index (χ3n) is 2.89. The minimum absolute atomic E-state index is 0.724. The van der Waals surface area contributed by atoms with E-state index in [1.807, 2.05) is 42.7 Å². The summed E-state index contributed by atoms with van der Waals surface area (Å²) in [5.74, 6) is 0.777. The third kappa shape index (κ3) is 3.23. The highest BCUT2D eigenvalue weighted by atomic mass is 35.5. The highest BCUT2D eigenvalue weighted by Crippen LogP contribution is 2.33. The number of hydrogen-bond donors (Lipinski definition) is 2. The molecule has 0 spiro atoms. The molecule has 3 rings (SSSR count). The van der Waals surface area contributed by atoms with Gasteiger partial charge in [0, 0.05) is 35.9 Å². The van der Waals surface area contributed by atoms with Gasteiger partial charge in [-0.2, -0.15) is 4.40 Å². The summed E-state index contributed by atoms with van der Waals surface area (Å²) < 4.78 is 4.38. The van der Waals surface area contributed by atoms with Gasteiger partial charge in [-0.25, -0.2) is 0 Å². The number of benzene rings is 1. The van der Waals surface area contributed by atoms with Crippen molar-refractivity contribution in [2.75, 3.05) is 11.9 Å². The molecule has 4 nitrogen and oxygen atoms in total. The molecule has 0 saturated heterocycles. The first-order valence-corrected chi connectivity index (χ1v) is 7.41. The van der Waals surface area contributed by atoms with Crippen LogP contribution in [0, 0.1) is 0 Å². The van der Waals surface area contributed by atoms with Crippen molar-refractivity contribution in [3.05, 3.63) is 53.3 Å². The number of guanidine groups is 1. The largest absolute Gasteiger partial charge is 0.355 e. The van der Waals surface area contributed by atoms with Crippen molar-refractivity contribution in [3.63, 3.8) is 0 Å². The lowest BCUT2D eigenvalue weighted by Gasteiger charge is -2.18. The Kier molecular flexibility index (Phi) is 4.08. The summed E-state index contributed by atoms with van der Waals surface area (Å²) in [4.78, 5) is 5.04. The Bertz CT molecular complexity index is 630. The van der Waals surface area contributed by atoms with Crippen LogP contribution in [0.25, 0.3) is 0 Å². The van der Waals surface area contributed by atoms with Crippen LogP contribution in [0.1, 0.15) is 5.56 Å². The molecule has 2 heterocycles. The molecule has 20 heavy (non-hydrogen) atoms. The molecule has 0 amide bonds. The minimum Gasteiger partial charge on any atom is -0.355 e. The van der Waals surface area contributed by atoms with Crippen molar-refractivity contribution in [3.8, 4) is 0 Å². The van der Waals surface area contributed by atoms with Gasteiger partial charge >= 0.3 is 0 Å². The summed E-state index contributed by atoms with van der Waals surface area (Å²) in [5, 5.41) is 7.27. The Morgan fingerprint density at radius 3 is 2.90 bits per heavy atom. The van der Waals surface area contributed by atoms with Crippen LogP contribution in [-0.2, 0) is 6.42 Å². The molecule has 1 aromatic carbocycles. The van der Waals surface area contributed by atoms with E-state index in [9.17, 15) is 0 Å². The van der Waals surface area contributed by atoms with Crippen LogP contribution in [0.2, 0.25) is 5.02 Å². The summed E-state index contributed by atoms with van der Waals surface area (Å²) >= 11 is 7.38. The van der Waals surface area contributed by atoms with Gasteiger partial charge in [-0.3, -0.25) is 4.98 Å². The Balaban J connectivity index is 1.55. The average Bonchev–Trinajstić information content (AvgIpc) is 2.48. The van der Waals surface area contributed by atoms with Crippen LogP contribution in [0.5, 0.6) is 0 Å². The predicted octanol–water partition coefficient (Wildman–Crippen LogP) is 3.36. The maximum atomic E-state index is 5.95. The van der Waals surface area contributed by atoms with Gasteiger partial charge in [0.05, 0.1) is 10.6 Å². The molecule has 0 aliphatic carbocycles. The molecule has 102 valence electrons. The maximum absolute atomic E-state index is 5.95. The van der Waals surface area contributed by atoms with Gasteiger partial charge in [0.15, 0.2) is 0 Å². The molecular formula is C14H13ClN4S. The summed E-state index contributed by atoms with van der Waals surface area (Å²) in [6.45, 7) is 0.819. The molecule has 0 fully saturated rings. The topological polar surface area (TPSA) is 49.3 Å². The van der Waals surface area contributed by atoms with Gasteiger partial charge in [0.25, 0.3) is 0 Å². The van der Waals surface area contributed by atoms with Crippen molar-refractivity contribution < 1.29 is 0 Å². The minimum atomic E-state index is 0.724. The molecule has 6 heteroatoms. The quantitative estimate of drug-likeness (QED) is 0.854. The van der Waals surface area contributed by atoms with Crippen LogP contribution < -0.4 is 10.6 Å². The number of rotatable bonds is 3. The molecule has 1 aliphatic heterocycles. The van der Waals surface area contributed by atoms with Gasteiger partial charge in [-0.15, -0.1) is 0 Å². The zero-order valence-corrected chi connectivity index (χ0v) is 12.2. The number of anilines is 1. The molecule has 2 aromatic rings. The second kappa shape index (κ2) is 6.15. The molecule has 0 radical (unpaired) electrons. The zero-order valence-electron chi connectivity index (χ0n) is 10.6. The van der Waals surface area contributed by atoms with Crippen molar-refractivity contribution in [1.82, 2.24) is 10.3 Å². The van der Waals surface area contributed by atoms with E-state index in [-0.39, 0.29) is 0 Å². The fraction of sp³-hybridized carbons (Fsp3) is 0.143. The van der Waals surface area contributed by atoms with E-state index in [2.05, 4.69) is 20.0 Å². The van der Waals surface area contributed by atoms with Crippen molar-refractivity contribution >= 4 is 35.2 Å². The smallest absolute Gasteiger partial charge is 0.207 e. The van der Waals surface area contributed by atoms with Crippen LogP contribution in [0.3, 0.4) is 0 Å².